The van der Waals surface area contributed by atoms with Crippen molar-refractivity contribution in [1.82, 2.24) is 4.98 Å². The summed E-state index contributed by atoms with van der Waals surface area (Å²) in [7, 11) is 1.45. The number of rotatable bonds is 2. The number of aromatic amines is 1. The molecule has 3 nitrogen and oxygen atoms in total. The van der Waals surface area contributed by atoms with E-state index in [0.29, 0.717) is 17.4 Å². The fraction of sp³-hybridized carbons (Fsp3) is 0.154. The Morgan fingerprint density at radius 2 is 1.89 bits per heavy atom. The molecule has 0 saturated carbocycles. The van der Waals surface area contributed by atoms with Crippen LogP contribution >= 0.6 is 0 Å². The van der Waals surface area contributed by atoms with E-state index in [2.05, 4.69) is 4.98 Å². The minimum absolute atomic E-state index is 0.0960. The number of methoxy groups -OCH3 is 1. The Kier molecular flexibility index (Phi) is 3.33. The van der Waals surface area contributed by atoms with E-state index >= 15 is 0 Å². The minimum Gasteiger partial charge on any atom is -0.497 e. The number of benzene rings is 1. The fourth-order valence-corrected chi connectivity index (χ4v) is 1.65. The monoisotopic (exact) mass is 269 g/mol. The summed E-state index contributed by atoms with van der Waals surface area (Å²) in [5, 5.41) is 0. The predicted molar refractivity (Wildman–Crippen MR) is 64.1 cm³/mol. The second-order valence-corrected chi connectivity index (χ2v) is 3.88. The van der Waals surface area contributed by atoms with Gasteiger partial charge >= 0.3 is 6.18 Å². The minimum atomic E-state index is -4.55. The van der Waals surface area contributed by atoms with Gasteiger partial charge in [-0.2, -0.15) is 13.2 Å². The molecule has 19 heavy (non-hydrogen) atoms. The van der Waals surface area contributed by atoms with Crippen molar-refractivity contribution in [3.8, 4) is 17.0 Å². The average Bonchev–Trinajstić information content (AvgIpc) is 2.37. The maximum absolute atomic E-state index is 12.6. The van der Waals surface area contributed by atoms with Crippen LogP contribution in [0.1, 0.15) is 5.56 Å². The van der Waals surface area contributed by atoms with Crippen molar-refractivity contribution in [1.29, 1.82) is 0 Å². The first-order valence-corrected chi connectivity index (χ1v) is 5.36. The Labute approximate surface area is 106 Å². The van der Waals surface area contributed by atoms with E-state index in [1.807, 2.05) is 0 Å². The first-order chi connectivity index (χ1) is 8.90. The first kappa shape index (κ1) is 13.2. The number of halogens is 3. The molecule has 0 fully saturated rings. The van der Waals surface area contributed by atoms with Gasteiger partial charge in [0.15, 0.2) is 0 Å². The normalized spacial score (nSPS) is 11.4. The smallest absolute Gasteiger partial charge is 0.416 e. The third-order valence-corrected chi connectivity index (χ3v) is 2.55. The highest BCUT2D eigenvalue weighted by atomic mass is 19.4. The molecular formula is C13H10F3NO2. The van der Waals surface area contributed by atoms with Crippen LogP contribution in [0.15, 0.2) is 41.2 Å². The van der Waals surface area contributed by atoms with E-state index in [1.54, 1.807) is 24.3 Å². The maximum Gasteiger partial charge on any atom is 0.416 e. The fourth-order valence-electron chi connectivity index (χ4n) is 1.65. The standard InChI is InChI=1S/C13H10F3NO2/c1-19-10-4-2-3-8(5-10)11-6-9(13(14,15)16)7-12(18)17-11/h2-7H,1H3,(H,17,18). The van der Waals surface area contributed by atoms with Crippen LogP contribution in [-0.2, 0) is 6.18 Å². The van der Waals surface area contributed by atoms with Gasteiger partial charge in [0.1, 0.15) is 5.75 Å². The van der Waals surface area contributed by atoms with Crippen LogP contribution in [0.2, 0.25) is 0 Å². The number of alkyl halides is 3. The molecule has 0 aliphatic carbocycles. The molecule has 0 radical (unpaired) electrons. The summed E-state index contributed by atoms with van der Waals surface area (Å²) in [6.07, 6.45) is -4.55. The summed E-state index contributed by atoms with van der Waals surface area (Å²) in [6.45, 7) is 0. The molecule has 1 aromatic carbocycles. The second kappa shape index (κ2) is 4.79. The van der Waals surface area contributed by atoms with Crippen LogP contribution in [0.4, 0.5) is 13.2 Å². The Morgan fingerprint density at radius 1 is 1.16 bits per heavy atom. The lowest BCUT2D eigenvalue weighted by Crippen LogP contribution is -2.13. The highest BCUT2D eigenvalue weighted by Gasteiger charge is 2.31. The molecule has 6 heteroatoms. The molecule has 0 aliphatic rings. The molecule has 0 aliphatic heterocycles. The Morgan fingerprint density at radius 3 is 2.53 bits per heavy atom. The number of ether oxygens (including phenoxy) is 1. The third kappa shape index (κ3) is 2.96. The van der Waals surface area contributed by atoms with Gasteiger partial charge in [0.25, 0.3) is 0 Å². The lowest BCUT2D eigenvalue weighted by Gasteiger charge is -2.09. The van der Waals surface area contributed by atoms with Gasteiger partial charge in [0.2, 0.25) is 5.56 Å². The van der Waals surface area contributed by atoms with Crippen molar-refractivity contribution in [2.45, 2.75) is 6.18 Å². The summed E-state index contributed by atoms with van der Waals surface area (Å²) in [5.41, 5.74) is -1.23. The van der Waals surface area contributed by atoms with Crippen LogP contribution < -0.4 is 10.3 Å². The zero-order chi connectivity index (χ0) is 14.0. The van der Waals surface area contributed by atoms with E-state index < -0.39 is 17.3 Å². The Hall–Kier alpha value is -2.24. The van der Waals surface area contributed by atoms with Gasteiger partial charge in [-0.05, 0) is 18.2 Å². The molecule has 0 saturated heterocycles. The number of hydrogen-bond donors (Lipinski definition) is 1. The van der Waals surface area contributed by atoms with Gasteiger partial charge in [-0.15, -0.1) is 0 Å². The van der Waals surface area contributed by atoms with Gasteiger partial charge in [-0.3, -0.25) is 4.79 Å². The third-order valence-electron chi connectivity index (χ3n) is 2.55. The van der Waals surface area contributed by atoms with Crippen LogP contribution in [-0.4, -0.2) is 12.1 Å². The molecule has 100 valence electrons. The maximum atomic E-state index is 12.6. The Balaban J connectivity index is 2.56. The number of hydrogen-bond acceptors (Lipinski definition) is 2. The zero-order valence-corrected chi connectivity index (χ0v) is 9.91. The van der Waals surface area contributed by atoms with Crippen molar-refractivity contribution < 1.29 is 17.9 Å². The highest BCUT2D eigenvalue weighted by molar-refractivity contribution is 5.61. The predicted octanol–water partition coefficient (Wildman–Crippen LogP) is 3.07. The molecule has 0 atom stereocenters. The van der Waals surface area contributed by atoms with Gasteiger partial charge in [0.05, 0.1) is 12.7 Å². The van der Waals surface area contributed by atoms with E-state index in [-0.39, 0.29) is 5.69 Å². The first-order valence-electron chi connectivity index (χ1n) is 5.36. The molecule has 2 rings (SSSR count). The second-order valence-electron chi connectivity index (χ2n) is 3.88. The average molecular weight is 269 g/mol. The lowest BCUT2D eigenvalue weighted by atomic mass is 10.1. The van der Waals surface area contributed by atoms with Crippen molar-refractivity contribution in [3.05, 3.63) is 52.3 Å². The zero-order valence-electron chi connectivity index (χ0n) is 9.91. The Bertz CT molecular complexity index is 647. The van der Waals surface area contributed by atoms with Crippen molar-refractivity contribution in [3.63, 3.8) is 0 Å². The molecular weight excluding hydrogens is 259 g/mol. The van der Waals surface area contributed by atoms with Crippen LogP contribution in [0.3, 0.4) is 0 Å². The number of nitrogens with one attached hydrogen (secondary N) is 1. The van der Waals surface area contributed by atoms with Gasteiger partial charge < -0.3 is 9.72 Å². The van der Waals surface area contributed by atoms with Gasteiger partial charge in [0, 0.05) is 17.3 Å². The van der Waals surface area contributed by atoms with Crippen molar-refractivity contribution >= 4 is 0 Å². The largest absolute Gasteiger partial charge is 0.497 e. The van der Waals surface area contributed by atoms with Gasteiger partial charge in [-0.25, -0.2) is 0 Å². The summed E-state index contributed by atoms with van der Waals surface area (Å²) in [4.78, 5) is 13.7. The summed E-state index contributed by atoms with van der Waals surface area (Å²) >= 11 is 0. The van der Waals surface area contributed by atoms with E-state index in [1.165, 1.54) is 7.11 Å². The quantitative estimate of drug-likeness (QED) is 0.910. The molecule has 1 aromatic heterocycles. The summed E-state index contributed by atoms with van der Waals surface area (Å²) in [5.74, 6) is 0.496. The molecule has 0 amide bonds. The lowest BCUT2D eigenvalue weighted by molar-refractivity contribution is -0.137. The SMILES string of the molecule is COc1cccc(-c2cc(C(F)(F)F)cc(=O)[nH]2)c1. The van der Waals surface area contributed by atoms with Crippen molar-refractivity contribution in [2.24, 2.45) is 0 Å². The number of pyridine rings is 1. The molecule has 1 N–H and O–H groups in total. The topological polar surface area (TPSA) is 42.1 Å². The van der Waals surface area contributed by atoms with E-state index in [0.717, 1.165) is 6.07 Å². The van der Waals surface area contributed by atoms with Crippen LogP contribution in [0.5, 0.6) is 5.75 Å². The number of aromatic nitrogens is 1. The van der Waals surface area contributed by atoms with Crippen LogP contribution in [0, 0.1) is 0 Å². The van der Waals surface area contributed by atoms with Gasteiger partial charge in [-0.1, -0.05) is 12.1 Å². The molecule has 2 aromatic rings. The highest BCUT2D eigenvalue weighted by Crippen LogP contribution is 2.30. The molecule has 0 unspecified atom stereocenters. The molecule has 0 bridgehead atoms. The summed E-state index contributed by atoms with van der Waals surface area (Å²) in [6, 6.07) is 7.86. The van der Waals surface area contributed by atoms with Crippen molar-refractivity contribution in [2.75, 3.05) is 7.11 Å². The van der Waals surface area contributed by atoms with E-state index in [4.69, 9.17) is 4.74 Å². The molecule has 0 spiro atoms. The van der Waals surface area contributed by atoms with Crippen LogP contribution in [0.25, 0.3) is 11.3 Å². The van der Waals surface area contributed by atoms with E-state index in [9.17, 15) is 18.0 Å². The molecule has 1 heterocycles. The number of H-pyrrole nitrogens is 1. The summed E-state index contributed by atoms with van der Waals surface area (Å²) < 4.78 is 42.9.